The summed E-state index contributed by atoms with van der Waals surface area (Å²) in [6.07, 6.45) is 5.03. The number of carbonyl (C=O) groups is 1. The van der Waals surface area contributed by atoms with E-state index in [0.29, 0.717) is 25.2 Å². The van der Waals surface area contributed by atoms with Crippen LogP contribution in [0.4, 0.5) is 0 Å². The molecule has 5 heteroatoms. The van der Waals surface area contributed by atoms with Crippen molar-refractivity contribution in [3.05, 3.63) is 0 Å². The molecule has 4 nitrogen and oxygen atoms in total. The van der Waals surface area contributed by atoms with Gasteiger partial charge in [0.25, 0.3) is 0 Å². The van der Waals surface area contributed by atoms with E-state index in [4.69, 9.17) is 4.74 Å². The van der Waals surface area contributed by atoms with E-state index in [-0.39, 0.29) is 5.91 Å². The Morgan fingerprint density at radius 2 is 2.17 bits per heavy atom. The van der Waals surface area contributed by atoms with Crippen LogP contribution in [0.5, 0.6) is 0 Å². The van der Waals surface area contributed by atoms with Gasteiger partial charge in [-0.05, 0) is 39.1 Å². The zero-order valence-corrected chi connectivity index (χ0v) is 12.6. The summed E-state index contributed by atoms with van der Waals surface area (Å²) in [6.45, 7) is 4.70. The highest BCUT2D eigenvalue weighted by Crippen LogP contribution is 2.09. The molecule has 1 heterocycles. The van der Waals surface area contributed by atoms with Crippen LogP contribution in [-0.2, 0) is 9.53 Å². The lowest BCUT2D eigenvalue weighted by Gasteiger charge is -2.26. The first kappa shape index (κ1) is 15.8. The average Bonchev–Trinajstić information content (AvgIpc) is 2.39. The normalized spacial score (nSPS) is 18.6. The number of nitrogens with one attached hydrogen (secondary N) is 1. The summed E-state index contributed by atoms with van der Waals surface area (Å²) in [5.41, 5.74) is 0. The van der Waals surface area contributed by atoms with Gasteiger partial charge in [0.05, 0.1) is 19.1 Å². The second kappa shape index (κ2) is 8.77. The minimum Gasteiger partial charge on any atom is -0.378 e. The molecular formula is C13H26N2O2S. The molecule has 0 radical (unpaired) electrons. The lowest BCUT2D eigenvalue weighted by atomic mass is 10.1. The summed E-state index contributed by atoms with van der Waals surface area (Å²) in [4.78, 5) is 13.8. The van der Waals surface area contributed by atoms with Crippen molar-refractivity contribution in [3.8, 4) is 0 Å². The highest BCUT2D eigenvalue weighted by molar-refractivity contribution is 7.98. The number of amides is 1. The Hall–Kier alpha value is -0.260. The van der Waals surface area contributed by atoms with Crippen LogP contribution >= 0.6 is 11.8 Å². The Balaban J connectivity index is 2.15. The molecule has 106 valence electrons. The lowest BCUT2D eigenvalue weighted by Crippen LogP contribution is -2.37. The number of ether oxygens (including phenoxy) is 1. The maximum atomic E-state index is 11.9. The molecule has 1 fully saturated rings. The van der Waals surface area contributed by atoms with Gasteiger partial charge in [-0.2, -0.15) is 11.8 Å². The molecule has 1 aliphatic rings. The van der Waals surface area contributed by atoms with Crippen molar-refractivity contribution in [2.75, 3.05) is 38.8 Å². The van der Waals surface area contributed by atoms with Crippen LogP contribution in [0.3, 0.4) is 0 Å². The van der Waals surface area contributed by atoms with Gasteiger partial charge in [0.15, 0.2) is 0 Å². The van der Waals surface area contributed by atoms with Gasteiger partial charge in [-0.25, -0.2) is 0 Å². The van der Waals surface area contributed by atoms with Crippen molar-refractivity contribution in [3.63, 3.8) is 0 Å². The third-order valence-electron chi connectivity index (χ3n) is 3.42. The summed E-state index contributed by atoms with van der Waals surface area (Å²) in [5.74, 6) is 1.17. The second-order valence-corrected chi connectivity index (χ2v) is 5.79. The summed E-state index contributed by atoms with van der Waals surface area (Å²) in [7, 11) is 1.88. The zero-order chi connectivity index (χ0) is 13.4. The lowest BCUT2D eigenvalue weighted by molar-refractivity contribution is -0.133. The maximum Gasteiger partial charge on any atom is 0.224 e. The standard InChI is InChI=1S/C13H26N2O2S/c1-11(10-18-3)15(2)13(16)6-9-17-12-4-7-14-8-5-12/h11-12,14H,4-10H2,1-3H3. The van der Waals surface area contributed by atoms with Gasteiger partial charge in [0, 0.05) is 18.8 Å². The summed E-state index contributed by atoms with van der Waals surface area (Å²) >= 11 is 1.77. The molecule has 1 unspecified atom stereocenters. The third kappa shape index (κ3) is 5.59. The van der Waals surface area contributed by atoms with Gasteiger partial charge in [-0.3, -0.25) is 4.79 Å². The predicted molar refractivity (Wildman–Crippen MR) is 77.1 cm³/mol. The maximum absolute atomic E-state index is 11.9. The Labute approximate surface area is 115 Å². The zero-order valence-electron chi connectivity index (χ0n) is 11.8. The van der Waals surface area contributed by atoms with Crippen molar-refractivity contribution in [1.82, 2.24) is 10.2 Å². The molecule has 0 bridgehead atoms. The molecule has 1 amide bonds. The molecule has 18 heavy (non-hydrogen) atoms. The Kier molecular flexibility index (Phi) is 7.70. The predicted octanol–water partition coefficient (Wildman–Crippen LogP) is 1.36. The van der Waals surface area contributed by atoms with Crippen molar-refractivity contribution in [1.29, 1.82) is 0 Å². The molecule has 0 saturated carbocycles. The molecular weight excluding hydrogens is 248 g/mol. The van der Waals surface area contributed by atoms with Crippen molar-refractivity contribution >= 4 is 17.7 Å². The molecule has 1 N–H and O–H groups in total. The largest absolute Gasteiger partial charge is 0.378 e. The summed E-state index contributed by atoms with van der Waals surface area (Å²) in [5, 5.41) is 3.30. The van der Waals surface area contributed by atoms with E-state index in [1.54, 1.807) is 11.8 Å². The van der Waals surface area contributed by atoms with E-state index in [1.807, 2.05) is 11.9 Å². The average molecular weight is 274 g/mol. The van der Waals surface area contributed by atoms with Crippen LogP contribution in [0.1, 0.15) is 26.2 Å². The van der Waals surface area contributed by atoms with Crippen LogP contribution in [-0.4, -0.2) is 61.7 Å². The smallest absolute Gasteiger partial charge is 0.224 e. The van der Waals surface area contributed by atoms with E-state index in [9.17, 15) is 4.79 Å². The topological polar surface area (TPSA) is 41.6 Å². The molecule has 0 spiro atoms. The van der Waals surface area contributed by atoms with Gasteiger partial charge in [-0.15, -0.1) is 0 Å². The van der Waals surface area contributed by atoms with Crippen LogP contribution in [0.15, 0.2) is 0 Å². The third-order valence-corrected chi connectivity index (χ3v) is 4.23. The van der Waals surface area contributed by atoms with E-state index >= 15 is 0 Å². The highest BCUT2D eigenvalue weighted by Gasteiger charge is 2.17. The van der Waals surface area contributed by atoms with Crippen molar-refractivity contribution in [2.45, 2.75) is 38.3 Å². The van der Waals surface area contributed by atoms with Crippen LogP contribution in [0, 0.1) is 0 Å². The first-order valence-corrected chi connectivity index (χ1v) is 8.11. The molecule has 1 atom stereocenters. The molecule has 1 rings (SSSR count). The first-order chi connectivity index (χ1) is 8.65. The van der Waals surface area contributed by atoms with Crippen LogP contribution < -0.4 is 5.32 Å². The van der Waals surface area contributed by atoms with E-state index in [0.717, 1.165) is 31.7 Å². The number of piperidine rings is 1. The number of thioether (sulfide) groups is 1. The Morgan fingerprint density at radius 1 is 1.50 bits per heavy atom. The van der Waals surface area contributed by atoms with Gasteiger partial charge in [0.1, 0.15) is 0 Å². The highest BCUT2D eigenvalue weighted by atomic mass is 32.2. The van der Waals surface area contributed by atoms with Gasteiger partial charge in [0.2, 0.25) is 5.91 Å². The SMILES string of the molecule is CSCC(C)N(C)C(=O)CCOC1CCNCC1. The first-order valence-electron chi connectivity index (χ1n) is 6.72. The number of carbonyl (C=O) groups excluding carboxylic acids is 1. The minimum absolute atomic E-state index is 0.186. The fraction of sp³-hybridized carbons (Fsp3) is 0.923. The minimum atomic E-state index is 0.186. The van der Waals surface area contributed by atoms with Crippen molar-refractivity contribution in [2.24, 2.45) is 0 Å². The number of hydrogen-bond acceptors (Lipinski definition) is 4. The molecule has 0 aromatic carbocycles. The molecule has 0 aromatic rings. The molecule has 0 aromatic heterocycles. The van der Waals surface area contributed by atoms with Gasteiger partial charge >= 0.3 is 0 Å². The van der Waals surface area contributed by atoms with E-state index in [2.05, 4.69) is 18.5 Å². The molecule has 1 saturated heterocycles. The van der Waals surface area contributed by atoms with E-state index < -0.39 is 0 Å². The van der Waals surface area contributed by atoms with Gasteiger partial charge in [-0.1, -0.05) is 0 Å². The number of hydrogen-bond donors (Lipinski definition) is 1. The molecule has 0 aliphatic carbocycles. The van der Waals surface area contributed by atoms with Crippen LogP contribution in [0.25, 0.3) is 0 Å². The van der Waals surface area contributed by atoms with Gasteiger partial charge < -0.3 is 15.0 Å². The fourth-order valence-electron chi connectivity index (χ4n) is 2.05. The fourth-order valence-corrected chi connectivity index (χ4v) is 2.76. The summed E-state index contributed by atoms with van der Waals surface area (Å²) < 4.78 is 5.75. The monoisotopic (exact) mass is 274 g/mol. The summed E-state index contributed by atoms with van der Waals surface area (Å²) in [6, 6.07) is 0.298. The molecule has 1 aliphatic heterocycles. The van der Waals surface area contributed by atoms with Crippen molar-refractivity contribution < 1.29 is 9.53 Å². The second-order valence-electron chi connectivity index (χ2n) is 4.88. The number of rotatable bonds is 7. The van der Waals surface area contributed by atoms with E-state index in [1.165, 1.54) is 0 Å². The quantitative estimate of drug-likeness (QED) is 0.761. The van der Waals surface area contributed by atoms with Crippen LogP contribution in [0.2, 0.25) is 0 Å². The number of nitrogens with zero attached hydrogens (tertiary/aromatic N) is 1. The Morgan fingerprint density at radius 3 is 2.78 bits per heavy atom. The Bertz CT molecular complexity index is 245.